The van der Waals surface area contributed by atoms with Gasteiger partial charge in [0.1, 0.15) is 0 Å². The molecule has 0 saturated heterocycles. The minimum atomic E-state index is 0.688. The molecule has 0 spiro atoms. The molecule has 1 fully saturated rings. The van der Waals surface area contributed by atoms with Gasteiger partial charge >= 0.3 is 0 Å². The van der Waals surface area contributed by atoms with Crippen LogP contribution in [0.2, 0.25) is 0 Å². The molecule has 0 aromatic heterocycles. The van der Waals surface area contributed by atoms with E-state index in [0.29, 0.717) is 6.61 Å². The zero-order valence-electron chi connectivity index (χ0n) is 10.1. The summed E-state index contributed by atoms with van der Waals surface area (Å²) in [6.07, 6.45) is 5.44. The molecule has 0 bridgehead atoms. The van der Waals surface area contributed by atoms with Crippen molar-refractivity contribution in [1.82, 2.24) is 5.32 Å². The molecule has 0 heterocycles. The van der Waals surface area contributed by atoms with Crippen molar-refractivity contribution in [3.63, 3.8) is 0 Å². The smallest absolute Gasteiger partial charge is 0.0728 e. The predicted octanol–water partition coefficient (Wildman–Crippen LogP) is 3.50. The monoisotopic (exact) mass is 297 g/mol. The fourth-order valence-electron chi connectivity index (χ4n) is 2.26. The Kier molecular flexibility index (Phi) is 5.49. The van der Waals surface area contributed by atoms with E-state index in [9.17, 15) is 0 Å². The van der Waals surface area contributed by atoms with Gasteiger partial charge in [0.25, 0.3) is 0 Å². The largest absolute Gasteiger partial charge is 0.375 e. The SMILES string of the molecule is Brc1ccccc1COCCNC1CCCC1. The molecule has 1 saturated carbocycles. The first kappa shape index (κ1) is 13.1. The average Bonchev–Trinajstić information content (AvgIpc) is 2.84. The lowest BCUT2D eigenvalue weighted by Gasteiger charge is -2.12. The Balaban J connectivity index is 1.58. The highest BCUT2D eigenvalue weighted by Gasteiger charge is 2.13. The molecule has 0 unspecified atom stereocenters. The van der Waals surface area contributed by atoms with Crippen LogP contribution in [-0.2, 0) is 11.3 Å². The highest BCUT2D eigenvalue weighted by Crippen LogP contribution is 2.18. The number of benzene rings is 1. The summed E-state index contributed by atoms with van der Waals surface area (Å²) in [5, 5.41) is 3.55. The summed E-state index contributed by atoms with van der Waals surface area (Å²) in [5.41, 5.74) is 1.22. The van der Waals surface area contributed by atoms with Gasteiger partial charge < -0.3 is 10.1 Å². The van der Waals surface area contributed by atoms with Crippen LogP contribution in [0.25, 0.3) is 0 Å². The number of hydrogen-bond acceptors (Lipinski definition) is 2. The maximum atomic E-state index is 5.67. The van der Waals surface area contributed by atoms with Crippen LogP contribution in [0.15, 0.2) is 28.7 Å². The minimum absolute atomic E-state index is 0.688. The summed E-state index contributed by atoms with van der Waals surface area (Å²) in [7, 11) is 0. The first-order valence-electron chi connectivity index (χ1n) is 6.41. The van der Waals surface area contributed by atoms with Crippen LogP contribution in [0, 0.1) is 0 Å². The molecule has 0 aliphatic heterocycles. The van der Waals surface area contributed by atoms with Crippen molar-refractivity contribution in [3.8, 4) is 0 Å². The second-order valence-electron chi connectivity index (χ2n) is 4.58. The van der Waals surface area contributed by atoms with Gasteiger partial charge in [-0.3, -0.25) is 0 Å². The Labute approximate surface area is 112 Å². The Bertz CT molecular complexity index is 337. The second-order valence-corrected chi connectivity index (χ2v) is 5.43. The molecular formula is C14H20BrNO. The van der Waals surface area contributed by atoms with E-state index in [1.54, 1.807) is 0 Å². The second kappa shape index (κ2) is 7.14. The molecule has 1 aliphatic rings. The summed E-state index contributed by atoms with van der Waals surface area (Å²) >= 11 is 3.52. The van der Waals surface area contributed by atoms with Crippen LogP contribution in [-0.4, -0.2) is 19.2 Å². The van der Waals surface area contributed by atoms with Crippen molar-refractivity contribution in [2.45, 2.75) is 38.3 Å². The van der Waals surface area contributed by atoms with Gasteiger partial charge in [0, 0.05) is 17.1 Å². The zero-order chi connectivity index (χ0) is 11.9. The molecular weight excluding hydrogens is 278 g/mol. The maximum absolute atomic E-state index is 5.67. The molecule has 1 aromatic carbocycles. The molecule has 0 amide bonds. The number of halogens is 1. The molecule has 0 radical (unpaired) electrons. The van der Waals surface area contributed by atoms with Gasteiger partial charge in [-0.25, -0.2) is 0 Å². The number of hydrogen-bond donors (Lipinski definition) is 1. The van der Waals surface area contributed by atoms with Crippen molar-refractivity contribution in [2.75, 3.05) is 13.2 Å². The van der Waals surface area contributed by atoms with Crippen LogP contribution in [0.4, 0.5) is 0 Å². The van der Waals surface area contributed by atoms with Crippen molar-refractivity contribution in [3.05, 3.63) is 34.3 Å². The molecule has 2 nitrogen and oxygen atoms in total. The van der Waals surface area contributed by atoms with Crippen molar-refractivity contribution in [2.24, 2.45) is 0 Å². The summed E-state index contributed by atoms with van der Waals surface area (Å²) in [6, 6.07) is 8.95. The fourth-order valence-corrected chi connectivity index (χ4v) is 2.66. The lowest BCUT2D eigenvalue weighted by atomic mass is 10.2. The maximum Gasteiger partial charge on any atom is 0.0728 e. The van der Waals surface area contributed by atoms with Crippen molar-refractivity contribution >= 4 is 15.9 Å². The van der Waals surface area contributed by atoms with Gasteiger partial charge in [-0.05, 0) is 24.5 Å². The Morgan fingerprint density at radius 2 is 2.00 bits per heavy atom. The lowest BCUT2D eigenvalue weighted by Crippen LogP contribution is -2.29. The molecule has 1 N–H and O–H groups in total. The molecule has 2 rings (SSSR count). The van der Waals surface area contributed by atoms with Gasteiger partial charge in [0.15, 0.2) is 0 Å². The topological polar surface area (TPSA) is 21.3 Å². The van der Waals surface area contributed by atoms with Crippen molar-refractivity contribution < 1.29 is 4.74 Å². The van der Waals surface area contributed by atoms with Crippen LogP contribution in [0.5, 0.6) is 0 Å². The van der Waals surface area contributed by atoms with E-state index in [-0.39, 0.29) is 0 Å². The molecule has 1 aromatic rings. The van der Waals surface area contributed by atoms with E-state index in [0.717, 1.165) is 23.7 Å². The van der Waals surface area contributed by atoms with Crippen molar-refractivity contribution in [1.29, 1.82) is 0 Å². The van der Waals surface area contributed by atoms with E-state index >= 15 is 0 Å². The van der Waals surface area contributed by atoms with E-state index in [1.165, 1.54) is 31.2 Å². The fraction of sp³-hybridized carbons (Fsp3) is 0.571. The Morgan fingerprint density at radius 1 is 1.24 bits per heavy atom. The van der Waals surface area contributed by atoms with E-state index < -0.39 is 0 Å². The lowest BCUT2D eigenvalue weighted by molar-refractivity contribution is 0.120. The van der Waals surface area contributed by atoms with Gasteiger partial charge in [0.2, 0.25) is 0 Å². The van der Waals surface area contributed by atoms with Crippen LogP contribution >= 0.6 is 15.9 Å². The quantitative estimate of drug-likeness (QED) is 0.812. The van der Waals surface area contributed by atoms with Crippen LogP contribution < -0.4 is 5.32 Å². The zero-order valence-corrected chi connectivity index (χ0v) is 11.7. The van der Waals surface area contributed by atoms with E-state index in [4.69, 9.17) is 4.74 Å². The third-order valence-corrected chi connectivity index (χ3v) is 4.02. The van der Waals surface area contributed by atoms with Gasteiger partial charge in [-0.1, -0.05) is 47.0 Å². The highest BCUT2D eigenvalue weighted by atomic mass is 79.9. The molecule has 1 aliphatic carbocycles. The molecule has 17 heavy (non-hydrogen) atoms. The third kappa shape index (κ3) is 4.41. The molecule has 0 atom stereocenters. The van der Waals surface area contributed by atoms with Crippen LogP contribution in [0.3, 0.4) is 0 Å². The summed E-state index contributed by atoms with van der Waals surface area (Å²) in [6.45, 7) is 2.45. The Morgan fingerprint density at radius 3 is 2.76 bits per heavy atom. The normalized spacial score (nSPS) is 16.5. The van der Waals surface area contributed by atoms with Gasteiger partial charge in [-0.15, -0.1) is 0 Å². The first-order chi connectivity index (χ1) is 8.36. The summed E-state index contributed by atoms with van der Waals surface area (Å²) in [5.74, 6) is 0. The highest BCUT2D eigenvalue weighted by molar-refractivity contribution is 9.10. The standard InChI is InChI=1S/C14H20BrNO/c15-14-8-4-1-5-12(14)11-17-10-9-16-13-6-2-3-7-13/h1,4-5,8,13,16H,2-3,6-7,9-11H2. The van der Waals surface area contributed by atoms with E-state index in [2.05, 4.69) is 33.4 Å². The average molecular weight is 298 g/mol. The summed E-state index contributed by atoms with van der Waals surface area (Å²) in [4.78, 5) is 0. The number of ether oxygens (including phenoxy) is 1. The summed E-state index contributed by atoms with van der Waals surface area (Å²) < 4.78 is 6.80. The number of nitrogens with one attached hydrogen (secondary N) is 1. The third-order valence-electron chi connectivity index (χ3n) is 3.25. The number of rotatable bonds is 6. The van der Waals surface area contributed by atoms with Crippen LogP contribution in [0.1, 0.15) is 31.2 Å². The van der Waals surface area contributed by atoms with E-state index in [1.807, 2.05) is 12.1 Å². The first-order valence-corrected chi connectivity index (χ1v) is 7.20. The minimum Gasteiger partial charge on any atom is -0.375 e. The van der Waals surface area contributed by atoms with Gasteiger partial charge in [-0.2, -0.15) is 0 Å². The molecule has 94 valence electrons. The van der Waals surface area contributed by atoms with Gasteiger partial charge in [0.05, 0.1) is 13.2 Å². The molecule has 3 heteroatoms. The Hall–Kier alpha value is -0.380. The predicted molar refractivity (Wildman–Crippen MR) is 74.1 cm³/mol.